The van der Waals surface area contributed by atoms with Crippen molar-refractivity contribution in [3.05, 3.63) is 105 Å². The topological polar surface area (TPSA) is 65.1 Å². The Morgan fingerprint density at radius 1 is 0.846 bits per heavy atom. The third-order valence-electron chi connectivity index (χ3n) is 7.07. The van der Waals surface area contributed by atoms with Crippen molar-refractivity contribution in [2.24, 2.45) is 0 Å². The normalized spacial score (nSPS) is 13.6. The van der Waals surface area contributed by atoms with Crippen LogP contribution in [-0.2, 0) is 45.1 Å². The molecule has 0 aliphatic carbocycles. The fraction of sp³-hybridized carbons (Fsp3) is 0.394. The molecule has 39 heavy (non-hydrogen) atoms. The highest BCUT2D eigenvalue weighted by Gasteiger charge is 2.37. The minimum atomic E-state index is -0.883. The smallest absolute Gasteiger partial charge is 0.410 e. The van der Waals surface area contributed by atoms with Crippen LogP contribution in [0.5, 0.6) is 0 Å². The lowest BCUT2D eigenvalue weighted by atomic mass is 9.83. The van der Waals surface area contributed by atoms with Crippen LogP contribution < -0.4 is 0 Å². The number of ether oxygens (including phenoxy) is 3. The lowest BCUT2D eigenvalue weighted by Crippen LogP contribution is -2.30. The van der Waals surface area contributed by atoms with Crippen molar-refractivity contribution in [1.29, 1.82) is 0 Å². The number of esters is 1. The Balaban J connectivity index is 1.74. The molecule has 3 aromatic carbocycles. The first kappa shape index (κ1) is 28.4. The number of fused-ring (bicyclic) bond motifs is 1. The molecule has 1 aliphatic rings. The highest BCUT2D eigenvalue weighted by atomic mass is 16.6. The summed E-state index contributed by atoms with van der Waals surface area (Å²) in [5.41, 5.74) is 7.56. The number of carbonyl (C=O) groups is 2. The molecule has 3 aromatic rings. The number of benzene rings is 3. The maximum atomic E-state index is 13.4. The lowest BCUT2D eigenvalue weighted by Gasteiger charge is -2.30. The SMILES string of the molecule is CCOC(=O)[C@@H](OC(C)(C)C)c1c(C)c2c(c(C)c1Cc1ccccc1)CN(C(=O)OCc1ccccc1)C2. The third kappa shape index (κ3) is 6.69. The summed E-state index contributed by atoms with van der Waals surface area (Å²) in [5.74, 6) is -0.402. The lowest BCUT2D eigenvalue weighted by molar-refractivity contribution is -0.167. The Hall–Kier alpha value is -3.64. The number of rotatable bonds is 8. The van der Waals surface area contributed by atoms with E-state index in [9.17, 15) is 9.59 Å². The van der Waals surface area contributed by atoms with Crippen molar-refractivity contribution in [3.63, 3.8) is 0 Å². The molecular formula is C33H39NO5. The molecule has 1 aliphatic heterocycles. The van der Waals surface area contributed by atoms with E-state index in [0.717, 1.165) is 44.5 Å². The van der Waals surface area contributed by atoms with E-state index < -0.39 is 17.7 Å². The summed E-state index contributed by atoms with van der Waals surface area (Å²) >= 11 is 0. The van der Waals surface area contributed by atoms with Crippen LogP contribution in [0.1, 0.15) is 78.3 Å². The average Bonchev–Trinajstić information content (AvgIpc) is 3.37. The predicted octanol–water partition coefficient (Wildman–Crippen LogP) is 6.97. The first-order valence-electron chi connectivity index (χ1n) is 13.6. The Labute approximate surface area is 231 Å². The molecule has 0 fully saturated rings. The first-order valence-corrected chi connectivity index (χ1v) is 13.6. The third-order valence-corrected chi connectivity index (χ3v) is 7.07. The van der Waals surface area contributed by atoms with Gasteiger partial charge in [-0.1, -0.05) is 60.7 Å². The number of hydrogen-bond donors (Lipinski definition) is 0. The molecule has 1 heterocycles. The van der Waals surface area contributed by atoms with Crippen molar-refractivity contribution in [3.8, 4) is 0 Å². The molecular weight excluding hydrogens is 490 g/mol. The predicted molar refractivity (Wildman–Crippen MR) is 151 cm³/mol. The summed E-state index contributed by atoms with van der Waals surface area (Å²) in [6.45, 7) is 13.1. The largest absolute Gasteiger partial charge is 0.464 e. The molecule has 1 amide bonds. The van der Waals surface area contributed by atoms with Gasteiger partial charge in [0.15, 0.2) is 6.10 Å². The fourth-order valence-electron chi connectivity index (χ4n) is 5.21. The van der Waals surface area contributed by atoms with Gasteiger partial charge in [-0.25, -0.2) is 9.59 Å². The van der Waals surface area contributed by atoms with E-state index in [1.54, 1.807) is 11.8 Å². The molecule has 4 rings (SSSR count). The second kappa shape index (κ2) is 12.0. The second-order valence-electron chi connectivity index (χ2n) is 11.0. The van der Waals surface area contributed by atoms with Gasteiger partial charge in [0.2, 0.25) is 0 Å². The van der Waals surface area contributed by atoms with Crippen molar-refractivity contribution >= 4 is 12.1 Å². The number of amides is 1. The van der Waals surface area contributed by atoms with Crippen LogP contribution in [0.4, 0.5) is 4.79 Å². The summed E-state index contributed by atoms with van der Waals surface area (Å²) in [5, 5.41) is 0. The highest BCUT2D eigenvalue weighted by Crippen LogP contribution is 2.40. The van der Waals surface area contributed by atoms with Crippen LogP contribution >= 0.6 is 0 Å². The van der Waals surface area contributed by atoms with E-state index in [4.69, 9.17) is 14.2 Å². The van der Waals surface area contributed by atoms with Crippen molar-refractivity contribution in [1.82, 2.24) is 4.90 Å². The average molecular weight is 530 g/mol. The molecule has 0 radical (unpaired) electrons. The number of nitrogens with zero attached hydrogens (tertiary/aromatic N) is 1. The Morgan fingerprint density at radius 3 is 1.97 bits per heavy atom. The van der Waals surface area contributed by atoms with E-state index in [2.05, 4.69) is 19.1 Å². The van der Waals surface area contributed by atoms with Crippen molar-refractivity contribution in [2.75, 3.05) is 6.61 Å². The van der Waals surface area contributed by atoms with Crippen LogP contribution in [0.2, 0.25) is 0 Å². The molecule has 0 spiro atoms. The quantitative estimate of drug-likeness (QED) is 0.295. The minimum absolute atomic E-state index is 0.222. The summed E-state index contributed by atoms with van der Waals surface area (Å²) in [6.07, 6.45) is -0.600. The van der Waals surface area contributed by atoms with Gasteiger partial charge in [0.05, 0.1) is 12.2 Å². The summed E-state index contributed by atoms with van der Waals surface area (Å²) in [6, 6.07) is 19.9. The Bertz CT molecular complexity index is 1310. The fourth-order valence-corrected chi connectivity index (χ4v) is 5.21. The van der Waals surface area contributed by atoms with Gasteiger partial charge in [0.25, 0.3) is 0 Å². The summed E-state index contributed by atoms with van der Waals surface area (Å²) in [7, 11) is 0. The van der Waals surface area contributed by atoms with Gasteiger partial charge in [0, 0.05) is 13.1 Å². The Morgan fingerprint density at radius 2 is 1.41 bits per heavy atom. The zero-order valence-corrected chi connectivity index (χ0v) is 23.9. The molecule has 0 saturated carbocycles. The van der Waals surface area contributed by atoms with Crippen molar-refractivity contribution in [2.45, 2.75) is 79.4 Å². The number of hydrogen-bond acceptors (Lipinski definition) is 5. The molecule has 6 nitrogen and oxygen atoms in total. The molecule has 0 saturated heterocycles. The molecule has 0 unspecified atom stereocenters. The van der Waals surface area contributed by atoms with Crippen molar-refractivity contribution < 1.29 is 23.8 Å². The minimum Gasteiger partial charge on any atom is -0.464 e. The molecule has 0 bridgehead atoms. The van der Waals surface area contributed by atoms with E-state index >= 15 is 0 Å². The van der Waals surface area contributed by atoms with Crippen LogP contribution in [0.25, 0.3) is 0 Å². The number of carbonyl (C=O) groups excluding carboxylic acids is 2. The Kier molecular flexibility index (Phi) is 8.76. The highest BCUT2D eigenvalue weighted by molar-refractivity contribution is 5.79. The maximum absolute atomic E-state index is 13.4. The monoisotopic (exact) mass is 529 g/mol. The molecule has 0 aromatic heterocycles. The zero-order chi connectivity index (χ0) is 28.2. The van der Waals surface area contributed by atoms with E-state index in [1.165, 1.54) is 0 Å². The second-order valence-corrected chi connectivity index (χ2v) is 11.0. The van der Waals surface area contributed by atoms with E-state index in [-0.39, 0.29) is 19.3 Å². The van der Waals surface area contributed by atoms with Crippen LogP contribution in [0.3, 0.4) is 0 Å². The van der Waals surface area contributed by atoms with Crippen LogP contribution in [0, 0.1) is 13.8 Å². The zero-order valence-electron chi connectivity index (χ0n) is 23.9. The van der Waals surface area contributed by atoms with Gasteiger partial charge in [-0.15, -0.1) is 0 Å². The summed E-state index contributed by atoms with van der Waals surface area (Å²) in [4.78, 5) is 28.2. The van der Waals surface area contributed by atoms with Gasteiger partial charge in [0.1, 0.15) is 6.61 Å². The van der Waals surface area contributed by atoms with Gasteiger partial charge in [-0.05, 0) is 92.5 Å². The summed E-state index contributed by atoms with van der Waals surface area (Å²) < 4.78 is 17.6. The molecule has 6 heteroatoms. The molecule has 1 atom stereocenters. The van der Waals surface area contributed by atoms with Gasteiger partial charge >= 0.3 is 12.1 Å². The van der Waals surface area contributed by atoms with E-state index in [1.807, 2.05) is 76.2 Å². The van der Waals surface area contributed by atoms with Gasteiger partial charge < -0.3 is 14.2 Å². The molecule has 0 N–H and O–H groups in total. The van der Waals surface area contributed by atoms with Crippen LogP contribution in [-0.4, -0.2) is 29.2 Å². The maximum Gasteiger partial charge on any atom is 0.410 e. The van der Waals surface area contributed by atoms with Gasteiger partial charge in [-0.3, -0.25) is 4.90 Å². The van der Waals surface area contributed by atoms with E-state index in [0.29, 0.717) is 19.5 Å². The molecule has 206 valence electrons. The first-order chi connectivity index (χ1) is 18.6. The van der Waals surface area contributed by atoms with Gasteiger partial charge in [-0.2, -0.15) is 0 Å². The standard InChI is InChI=1S/C33H39NO5/c1-7-37-31(35)30(39-33(4,5)6)29-23(3)28-20-34(32(36)38-21-25-16-12-9-13-17-25)19-27(28)22(2)26(29)18-24-14-10-8-11-15-24/h8-17,30H,7,18-21H2,1-6H3/t30-/m0/s1. The van der Waals surface area contributed by atoms with Crippen LogP contribution in [0.15, 0.2) is 60.7 Å².